The Hall–Kier alpha value is -3.09. The van der Waals surface area contributed by atoms with E-state index in [1.807, 2.05) is 42.7 Å². The maximum atomic E-state index is 4.41. The molecule has 3 heteroatoms. The average Bonchev–Trinajstić information content (AvgIpc) is 2.85. The maximum absolute atomic E-state index is 4.41. The van der Waals surface area contributed by atoms with Crippen molar-refractivity contribution < 1.29 is 21.1 Å². The number of hydrogen-bond donors (Lipinski definition) is 0. The van der Waals surface area contributed by atoms with Crippen LogP contribution < -0.4 is 0 Å². The minimum absolute atomic E-state index is 0. The summed E-state index contributed by atoms with van der Waals surface area (Å²) in [5.74, 6) is 0. The minimum atomic E-state index is 0. The molecule has 0 saturated heterocycles. The monoisotopic (exact) mass is 641 g/mol. The van der Waals surface area contributed by atoms with E-state index in [9.17, 15) is 0 Å². The molecular weight excluding hydrogens is 607 g/mol. The van der Waals surface area contributed by atoms with Gasteiger partial charge in [-0.3, -0.25) is 9.97 Å². The van der Waals surface area contributed by atoms with Crippen LogP contribution in [-0.2, 0) is 21.1 Å². The summed E-state index contributed by atoms with van der Waals surface area (Å²) in [4.78, 5) is 8.80. The van der Waals surface area contributed by atoms with Crippen LogP contribution in [0.25, 0.3) is 38.7 Å². The number of aryl methyl sites for hydroxylation is 2. The SMILES string of the molecule is C=C/C=C\c1ccc2ccc[c-]c2c1C.CCC.Cc1cc2cccnc2c2ncccc12.[CH3-].[Pt+2]. The van der Waals surface area contributed by atoms with Crippen LogP contribution in [0.15, 0.2) is 91.8 Å². The van der Waals surface area contributed by atoms with Crippen LogP contribution in [-0.4, -0.2) is 9.97 Å². The molecule has 0 saturated carbocycles. The van der Waals surface area contributed by atoms with E-state index in [2.05, 4.69) is 92.8 Å². The Morgan fingerprint density at radius 2 is 1.54 bits per heavy atom. The zero-order valence-corrected chi connectivity index (χ0v) is 23.6. The Labute approximate surface area is 225 Å². The van der Waals surface area contributed by atoms with E-state index in [0.29, 0.717) is 0 Å². The summed E-state index contributed by atoms with van der Waals surface area (Å²) in [6, 6.07) is 23.9. The standard InChI is InChI=1S/C15H13.C13H10N2.C3H8.CH3.Pt/c1-3-4-7-13-10-11-14-8-5-6-9-15(14)12(13)2;1-9-8-10-4-2-6-14-12(10)13-11(9)5-3-7-15-13;1-3-2;;/h3-8,10-11H,1H2,2H3;2-8H,1H3;3H2,1-2H3;1H3;/q-1;;;-1;+2/b7-4-;;;;. The first-order valence-corrected chi connectivity index (χ1v) is 11.4. The number of nitrogens with zero attached hydrogens (tertiary/aromatic N) is 2. The summed E-state index contributed by atoms with van der Waals surface area (Å²) in [7, 11) is 0. The quantitative estimate of drug-likeness (QED) is 0.109. The van der Waals surface area contributed by atoms with Crippen molar-refractivity contribution in [3.05, 3.63) is 122 Å². The molecule has 182 valence electrons. The van der Waals surface area contributed by atoms with Gasteiger partial charge in [-0.25, -0.2) is 0 Å². The molecule has 5 rings (SSSR count). The van der Waals surface area contributed by atoms with Crippen LogP contribution in [0.1, 0.15) is 37.0 Å². The molecule has 2 aromatic heterocycles. The van der Waals surface area contributed by atoms with Gasteiger partial charge in [0.15, 0.2) is 0 Å². The van der Waals surface area contributed by atoms with Crippen molar-refractivity contribution in [3.63, 3.8) is 0 Å². The van der Waals surface area contributed by atoms with E-state index < -0.39 is 0 Å². The second-order valence-electron chi connectivity index (χ2n) is 7.88. The second kappa shape index (κ2) is 15.0. The summed E-state index contributed by atoms with van der Waals surface area (Å²) in [6.45, 7) is 12.2. The number of hydrogen-bond acceptors (Lipinski definition) is 2. The predicted molar refractivity (Wildman–Crippen MR) is 151 cm³/mol. The summed E-state index contributed by atoms with van der Waals surface area (Å²) >= 11 is 0. The molecule has 0 radical (unpaired) electrons. The van der Waals surface area contributed by atoms with E-state index in [1.165, 1.54) is 39.3 Å². The van der Waals surface area contributed by atoms with Gasteiger partial charge < -0.3 is 7.43 Å². The molecule has 0 unspecified atom stereocenters. The van der Waals surface area contributed by atoms with Crippen LogP contribution >= 0.6 is 0 Å². The largest absolute Gasteiger partial charge is 2.00 e. The van der Waals surface area contributed by atoms with Gasteiger partial charge in [0, 0.05) is 23.2 Å². The van der Waals surface area contributed by atoms with Crippen LogP contribution in [0.3, 0.4) is 0 Å². The Balaban J connectivity index is 0.000000300. The molecule has 0 bridgehead atoms. The van der Waals surface area contributed by atoms with Crippen molar-refractivity contribution in [1.29, 1.82) is 0 Å². The fourth-order valence-corrected chi connectivity index (χ4v) is 3.67. The first kappa shape index (κ1) is 29.9. The van der Waals surface area contributed by atoms with Crippen molar-refractivity contribution in [2.75, 3.05) is 0 Å². The zero-order valence-electron chi connectivity index (χ0n) is 21.3. The summed E-state index contributed by atoms with van der Waals surface area (Å²) in [5.41, 5.74) is 5.72. The minimum Gasteiger partial charge on any atom is -0.358 e. The molecule has 0 N–H and O–H groups in total. The smallest absolute Gasteiger partial charge is 0.358 e. The molecule has 35 heavy (non-hydrogen) atoms. The van der Waals surface area contributed by atoms with Crippen molar-refractivity contribution in [2.24, 2.45) is 0 Å². The van der Waals surface area contributed by atoms with Gasteiger partial charge in [-0.1, -0.05) is 81.8 Å². The normalized spacial score (nSPS) is 9.94. The summed E-state index contributed by atoms with van der Waals surface area (Å²) in [5, 5.41) is 4.78. The van der Waals surface area contributed by atoms with Gasteiger partial charge in [-0.15, -0.1) is 40.6 Å². The number of rotatable bonds is 2. The Morgan fingerprint density at radius 3 is 2.26 bits per heavy atom. The number of allylic oxidation sites excluding steroid dienone is 2. The molecule has 2 nitrogen and oxygen atoms in total. The number of benzene rings is 3. The summed E-state index contributed by atoms with van der Waals surface area (Å²) < 4.78 is 0. The molecular formula is C32H34N2Pt. The van der Waals surface area contributed by atoms with Crippen LogP contribution in [0.4, 0.5) is 0 Å². The number of fused-ring (bicyclic) bond motifs is 4. The fourth-order valence-electron chi connectivity index (χ4n) is 3.67. The van der Waals surface area contributed by atoms with E-state index in [4.69, 9.17) is 0 Å². The van der Waals surface area contributed by atoms with Crippen LogP contribution in [0.5, 0.6) is 0 Å². The molecule has 2 heterocycles. The third-order valence-electron chi connectivity index (χ3n) is 5.22. The van der Waals surface area contributed by atoms with Crippen LogP contribution in [0.2, 0.25) is 0 Å². The number of pyridine rings is 2. The molecule has 0 atom stereocenters. The second-order valence-corrected chi connectivity index (χ2v) is 7.88. The molecule has 0 aliphatic rings. The van der Waals surface area contributed by atoms with E-state index in [-0.39, 0.29) is 28.5 Å². The van der Waals surface area contributed by atoms with Gasteiger partial charge in [0.2, 0.25) is 0 Å². The van der Waals surface area contributed by atoms with Gasteiger partial charge >= 0.3 is 21.1 Å². The van der Waals surface area contributed by atoms with Gasteiger partial charge in [0.05, 0.1) is 11.0 Å². The first-order valence-electron chi connectivity index (χ1n) is 11.4. The predicted octanol–water partition coefficient (Wildman–Crippen LogP) is 9.10. The van der Waals surface area contributed by atoms with Gasteiger partial charge in [-0.2, -0.15) is 0 Å². The van der Waals surface area contributed by atoms with Crippen molar-refractivity contribution >= 4 is 38.7 Å². The Morgan fingerprint density at radius 1 is 0.886 bits per heavy atom. The Kier molecular flexibility index (Phi) is 12.8. The maximum Gasteiger partial charge on any atom is 2.00 e. The molecule has 0 aliphatic carbocycles. The third-order valence-corrected chi connectivity index (χ3v) is 5.22. The molecule has 3 aromatic carbocycles. The molecule has 0 spiro atoms. The third kappa shape index (κ3) is 7.44. The van der Waals surface area contributed by atoms with Gasteiger partial charge in [-0.05, 0) is 30.7 Å². The zero-order chi connectivity index (χ0) is 23.6. The first-order chi connectivity index (χ1) is 16.1. The fraction of sp³-hybridized carbons (Fsp3) is 0.156. The average molecular weight is 642 g/mol. The van der Waals surface area contributed by atoms with Crippen molar-refractivity contribution in [1.82, 2.24) is 9.97 Å². The molecule has 0 aliphatic heterocycles. The molecule has 5 aromatic rings. The van der Waals surface area contributed by atoms with Gasteiger partial charge in [0.25, 0.3) is 0 Å². The summed E-state index contributed by atoms with van der Waals surface area (Å²) in [6.07, 6.45) is 10.7. The van der Waals surface area contributed by atoms with Gasteiger partial charge in [0.1, 0.15) is 0 Å². The van der Waals surface area contributed by atoms with E-state index in [1.54, 1.807) is 6.08 Å². The van der Waals surface area contributed by atoms with E-state index in [0.717, 1.165) is 16.4 Å². The Bertz CT molecular complexity index is 1400. The molecule has 0 amide bonds. The topological polar surface area (TPSA) is 25.8 Å². The number of aromatic nitrogens is 2. The van der Waals surface area contributed by atoms with Crippen molar-refractivity contribution in [2.45, 2.75) is 34.1 Å². The molecule has 0 fully saturated rings. The van der Waals surface area contributed by atoms with Crippen LogP contribution in [0, 0.1) is 27.3 Å². The van der Waals surface area contributed by atoms with E-state index >= 15 is 0 Å². The van der Waals surface area contributed by atoms with Crippen molar-refractivity contribution in [3.8, 4) is 0 Å².